The molecule has 28 heavy (non-hydrogen) atoms. The van der Waals surface area contributed by atoms with Gasteiger partial charge in [-0.2, -0.15) is 0 Å². The van der Waals surface area contributed by atoms with Crippen LogP contribution in [-0.4, -0.2) is 22.1 Å². The first kappa shape index (κ1) is 20.0. The Balaban J connectivity index is 1.60. The van der Waals surface area contributed by atoms with E-state index < -0.39 is 5.82 Å². The second kappa shape index (κ2) is 8.94. The molecule has 0 aliphatic rings. The topological polar surface area (TPSA) is 104 Å². The monoisotopic (exact) mass is 465 g/mol. The summed E-state index contributed by atoms with van der Waals surface area (Å²) in [5.74, 6) is -0.856. The maximum absolute atomic E-state index is 13.3. The van der Waals surface area contributed by atoms with Crippen molar-refractivity contribution in [3.05, 3.63) is 69.0 Å². The van der Waals surface area contributed by atoms with Gasteiger partial charge in [0.1, 0.15) is 5.82 Å². The van der Waals surface area contributed by atoms with Crippen molar-refractivity contribution in [3.8, 4) is 0 Å². The van der Waals surface area contributed by atoms with E-state index in [1.807, 2.05) is 12.1 Å². The lowest BCUT2D eigenvalue weighted by atomic mass is 10.1. The third-order valence-corrected chi connectivity index (χ3v) is 4.59. The van der Waals surface area contributed by atoms with Crippen molar-refractivity contribution in [2.45, 2.75) is 12.8 Å². The predicted octanol–water partition coefficient (Wildman–Crippen LogP) is 4.63. The van der Waals surface area contributed by atoms with Crippen molar-refractivity contribution in [1.29, 1.82) is 5.41 Å². The fraction of sp³-hybridized carbons (Fsp3) is 0.111. The van der Waals surface area contributed by atoms with Crippen LogP contribution in [0.1, 0.15) is 17.7 Å². The van der Waals surface area contributed by atoms with Crippen molar-refractivity contribution in [2.24, 2.45) is 0 Å². The minimum absolute atomic E-state index is 0.0276. The number of aryl methyl sites for hydroxylation is 1. The summed E-state index contributed by atoms with van der Waals surface area (Å²) in [7, 11) is 0. The van der Waals surface area contributed by atoms with Crippen LogP contribution in [0.2, 0.25) is 5.02 Å². The number of amides is 1. The number of benzene rings is 2. The SMILES string of the molecule is N=C(Nc1ccc(F)c(Br)c1)c1nonc1NC(=O)CCc1ccc(Cl)cc1. The molecule has 1 heterocycles. The van der Waals surface area contributed by atoms with Gasteiger partial charge in [0.2, 0.25) is 11.7 Å². The van der Waals surface area contributed by atoms with Gasteiger partial charge in [0, 0.05) is 17.1 Å². The van der Waals surface area contributed by atoms with E-state index in [9.17, 15) is 9.18 Å². The number of hydrogen-bond acceptors (Lipinski definition) is 5. The van der Waals surface area contributed by atoms with Gasteiger partial charge in [-0.15, -0.1) is 0 Å². The molecule has 0 unspecified atom stereocenters. The number of hydrogen-bond donors (Lipinski definition) is 3. The van der Waals surface area contributed by atoms with Gasteiger partial charge in [0.15, 0.2) is 11.5 Å². The van der Waals surface area contributed by atoms with Gasteiger partial charge in [0.05, 0.1) is 4.47 Å². The second-order valence-electron chi connectivity index (χ2n) is 5.76. The van der Waals surface area contributed by atoms with E-state index in [4.69, 9.17) is 17.0 Å². The molecule has 0 fully saturated rings. The number of rotatable bonds is 6. The number of aromatic nitrogens is 2. The Morgan fingerprint density at radius 1 is 1.18 bits per heavy atom. The summed E-state index contributed by atoms with van der Waals surface area (Å²) in [5, 5.41) is 21.3. The molecule has 0 radical (unpaired) electrons. The molecule has 0 atom stereocenters. The zero-order chi connectivity index (χ0) is 20.1. The maximum atomic E-state index is 13.3. The van der Waals surface area contributed by atoms with E-state index in [2.05, 4.69) is 41.5 Å². The molecule has 0 saturated carbocycles. The molecular formula is C18H14BrClFN5O2. The van der Waals surface area contributed by atoms with Gasteiger partial charge < -0.3 is 10.6 Å². The average molecular weight is 467 g/mol. The van der Waals surface area contributed by atoms with Crippen LogP contribution in [0.4, 0.5) is 15.9 Å². The highest BCUT2D eigenvalue weighted by atomic mass is 79.9. The number of amidine groups is 1. The molecule has 0 aliphatic carbocycles. The Kier molecular flexibility index (Phi) is 6.37. The van der Waals surface area contributed by atoms with Crippen LogP contribution in [0.25, 0.3) is 0 Å². The van der Waals surface area contributed by atoms with Crippen molar-refractivity contribution in [3.63, 3.8) is 0 Å². The molecule has 144 valence electrons. The van der Waals surface area contributed by atoms with Crippen LogP contribution in [0, 0.1) is 11.2 Å². The molecule has 0 spiro atoms. The summed E-state index contributed by atoms with van der Waals surface area (Å²) >= 11 is 8.91. The average Bonchev–Trinajstić information content (AvgIpc) is 3.12. The zero-order valence-electron chi connectivity index (χ0n) is 14.3. The molecule has 3 rings (SSSR count). The molecule has 7 nitrogen and oxygen atoms in total. The van der Waals surface area contributed by atoms with E-state index in [-0.39, 0.29) is 34.1 Å². The fourth-order valence-corrected chi connectivity index (χ4v) is 2.82. The first-order valence-corrected chi connectivity index (χ1v) is 9.27. The number of anilines is 2. The van der Waals surface area contributed by atoms with Crippen LogP contribution in [0.3, 0.4) is 0 Å². The minimum Gasteiger partial charge on any atom is -0.339 e. The number of nitrogens with one attached hydrogen (secondary N) is 3. The van der Waals surface area contributed by atoms with Gasteiger partial charge in [-0.1, -0.05) is 23.7 Å². The van der Waals surface area contributed by atoms with E-state index in [1.54, 1.807) is 12.1 Å². The molecule has 1 aromatic heterocycles. The molecule has 3 N–H and O–H groups in total. The lowest BCUT2D eigenvalue weighted by Crippen LogP contribution is -2.18. The lowest BCUT2D eigenvalue weighted by molar-refractivity contribution is -0.116. The van der Waals surface area contributed by atoms with Crippen molar-refractivity contribution in [2.75, 3.05) is 10.6 Å². The highest BCUT2D eigenvalue weighted by Gasteiger charge is 2.18. The standard InChI is InChI=1S/C18H14BrClFN5O2/c19-13-9-12(6-7-14(13)21)23-17(22)16-18(26-28-25-16)24-15(27)8-3-10-1-4-11(20)5-2-10/h1-2,4-7,9H,3,8H2,(H2,22,23)(H,24,26,27). The zero-order valence-corrected chi connectivity index (χ0v) is 16.6. The molecule has 10 heteroatoms. The number of halogens is 3. The van der Waals surface area contributed by atoms with Crippen LogP contribution < -0.4 is 10.6 Å². The van der Waals surface area contributed by atoms with E-state index in [0.717, 1.165) is 5.56 Å². The normalized spacial score (nSPS) is 10.5. The lowest BCUT2D eigenvalue weighted by Gasteiger charge is -2.08. The molecular weight excluding hydrogens is 453 g/mol. The number of carbonyl (C=O) groups excluding carboxylic acids is 1. The van der Waals surface area contributed by atoms with Crippen molar-refractivity contribution >= 4 is 50.8 Å². The van der Waals surface area contributed by atoms with Crippen LogP contribution in [0.5, 0.6) is 0 Å². The maximum Gasteiger partial charge on any atom is 0.226 e. The predicted molar refractivity (Wildman–Crippen MR) is 107 cm³/mol. The molecule has 0 saturated heterocycles. The summed E-state index contributed by atoms with van der Waals surface area (Å²) in [4.78, 5) is 12.2. The number of carbonyl (C=O) groups is 1. The Labute approximate surface area is 172 Å². The summed E-state index contributed by atoms with van der Waals surface area (Å²) in [6.45, 7) is 0. The molecule has 1 amide bonds. The van der Waals surface area contributed by atoms with Gasteiger partial charge in [-0.25, -0.2) is 9.02 Å². The van der Waals surface area contributed by atoms with Gasteiger partial charge in [-0.3, -0.25) is 10.2 Å². The van der Waals surface area contributed by atoms with E-state index in [0.29, 0.717) is 17.1 Å². The van der Waals surface area contributed by atoms with Crippen LogP contribution in [-0.2, 0) is 11.2 Å². The third kappa shape index (κ3) is 5.14. The Hall–Kier alpha value is -2.78. The minimum atomic E-state index is -0.422. The van der Waals surface area contributed by atoms with Crippen LogP contribution >= 0.6 is 27.5 Å². The van der Waals surface area contributed by atoms with Crippen molar-refractivity contribution in [1.82, 2.24) is 10.3 Å². The summed E-state index contributed by atoms with van der Waals surface area (Å²) in [6.07, 6.45) is 0.725. The van der Waals surface area contributed by atoms with Crippen LogP contribution in [0.15, 0.2) is 51.6 Å². The Bertz CT molecular complexity index is 1010. The van der Waals surface area contributed by atoms with Gasteiger partial charge >= 0.3 is 0 Å². The van der Waals surface area contributed by atoms with Gasteiger partial charge in [-0.05, 0) is 68.6 Å². The van der Waals surface area contributed by atoms with Gasteiger partial charge in [0.25, 0.3) is 0 Å². The summed E-state index contributed by atoms with van der Waals surface area (Å²) < 4.78 is 18.2. The fourth-order valence-electron chi connectivity index (χ4n) is 2.32. The third-order valence-electron chi connectivity index (χ3n) is 3.73. The highest BCUT2D eigenvalue weighted by Crippen LogP contribution is 2.21. The molecule has 0 aliphatic heterocycles. The quantitative estimate of drug-likeness (QED) is 0.363. The van der Waals surface area contributed by atoms with E-state index in [1.165, 1.54) is 18.2 Å². The Morgan fingerprint density at radius 3 is 2.64 bits per heavy atom. The Morgan fingerprint density at radius 2 is 1.93 bits per heavy atom. The summed E-state index contributed by atoms with van der Waals surface area (Å²) in [6, 6.07) is 11.4. The summed E-state index contributed by atoms with van der Waals surface area (Å²) in [5.41, 5.74) is 1.45. The first-order chi connectivity index (χ1) is 13.4. The number of nitrogens with zero attached hydrogens (tertiary/aromatic N) is 2. The van der Waals surface area contributed by atoms with E-state index >= 15 is 0 Å². The first-order valence-electron chi connectivity index (χ1n) is 8.10. The van der Waals surface area contributed by atoms with Crippen molar-refractivity contribution < 1.29 is 13.8 Å². The highest BCUT2D eigenvalue weighted by molar-refractivity contribution is 9.10. The molecule has 2 aromatic carbocycles. The molecule has 0 bridgehead atoms. The molecule has 3 aromatic rings. The smallest absolute Gasteiger partial charge is 0.226 e. The largest absolute Gasteiger partial charge is 0.339 e. The second-order valence-corrected chi connectivity index (χ2v) is 7.06.